The zero-order valence-corrected chi connectivity index (χ0v) is 10.9. The Morgan fingerprint density at radius 3 is 2.85 bits per heavy atom. The second-order valence-corrected chi connectivity index (χ2v) is 4.72. The van der Waals surface area contributed by atoms with Crippen LogP contribution in [0.25, 0.3) is 0 Å². The number of anilines is 1. The second-order valence-electron chi connectivity index (χ2n) is 4.72. The van der Waals surface area contributed by atoms with Crippen LogP contribution in [0, 0.1) is 5.82 Å². The Kier molecular flexibility index (Phi) is 4.68. The molecule has 1 aromatic rings. The van der Waals surface area contributed by atoms with Gasteiger partial charge in [0.05, 0.1) is 11.7 Å². The van der Waals surface area contributed by atoms with E-state index in [4.69, 9.17) is 9.84 Å². The van der Waals surface area contributed by atoms with Crippen LogP contribution in [0.1, 0.15) is 36.0 Å². The molecule has 1 heterocycles. The molecule has 5 nitrogen and oxygen atoms in total. The van der Waals surface area contributed by atoms with Gasteiger partial charge in [0.1, 0.15) is 5.82 Å². The first-order valence-corrected chi connectivity index (χ1v) is 6.50. The molecule has 1 fully saturated rings. The smallest absolute Gasteiger partial charge is 0.338 e. The van der Waals surface area contributed by atoms with Gasteiger partial charge in [0.2, 0.25) is 5.91 Å². The third-order valence-corrected chi connectivity index (χ3v) is 3.20. The van der Waals surface area contributed by atoms with E-state index in [0.29, 0.717) is 12.8 Å². The molecular weight excluding hydrogens is 265 g/mol. The van der Waals surface area contributed by atoms with Crippen molar-refractivity contribution >= 4 is 17.6 Å². The lowest BCUT2D eigenvalue weighted by Crippen LogP contribution is -2.15. The lowest BCUT2D eigenvalue weighted by Gasteiger charge is -2.09. The van der Waals surface area contributed by atoms with Crippen molar-refractivity contribution in [3.8, 4) is 0 Å². The number of carbonyl (C=O) groups excluding carboxylic acids is 1. The summed E-state index contributed by atoms with van der Waals surface area (Å²) in [6, 6.07) is 3.51. The van der Waals surface area contributed by atoms with Gasteiger partial charge in [-0.05, 0) is 37.5 Å². The zero-order chi connectivity index (χ0) is 14.5. The van der Waals surface area contributed by atoms with Crippen LogP contribution < -0.4 is 5.32 Å². The highest BCUT2D eigenvalue weighted by molar-refractivity contribution is 5.92. The zero-order valence-electron chi connectivity index (χ0n) is 10.9. The molecule has 1 amide bonds. The molecule has 1 saturated heterocycles. The second kappa shape index (κ2) is 6.47. The molecule has 0 radical (unpaired) electrons. The van der Waals surface area contributed by atoms with Crippen LogP contribution in [0.4, 0.5) is 10.1 Å². The average molecular weight is 281 g/mol. The Morgan fingerprint density at radius 2 is 2.25 bits per heavy atom. The number of nitrogens with one attached hydrogen (secondary N) is 1. The number of carbonyl (C=O) groups is 2. The van der Waals surface area contributed by atoms with Crippen LogP contribution in [0.5, 0.6) is 0 Å². The highest BCUT2D eigenvalue weighted by atomic mass is 19.1. The molecular formula is C14H16FNO4. The van der Waals surface area contributed by atoms with Crippen molar-refractivity contribution < 1.29 is 23.8 Å². The summed E-state index contributed by atoms with van der Waals surface area (Å²) in [7, 11) is 0. The molecule has 1 atom stereocenters. The Labute approximate surface area is 115 Å². The third-order valence-electron chi connectivity index (χ3n) is 3.20. The molecule has 1 aliphatic rings. The lowest BCUT2D eigenvalue weighted by molar-refractivity contribution is -0.116. The highest BCUT2D eigenvalue weighted by Gasteiger charge is 2.17. The monoisotopic (exact) mass is 281 g/mol. The minimum Gasteiger partial charge on any atom is -0.478 e. The molecule has 20 heavy (non-hydrogen) atoms. The molecule has 0 aliphatic carbocycles. The number of hydrogen-bond donors (Lipinski definition) is 2. The minimum atomic E-state index is -1.33. The standard InChI is InChI=1S/C14H16FNO4/c15-12-8-9(3-5-11(12)14(18)19)16-13(17)6-4-10-2-1-7-20-10/h3,5,8,10H,1-2,4,6-7H2,(H,16,17)(H,18,19). The fourth-order valence-electron chi connectivity index (χ4n) is 2.15. The fourth-order valence-corrected chi connectivity index (χ4v) is 2.15. The summed E-state index contributed by atoms with van der Waals surface area (Å²) in [5, 5.41) is 11.2. The van der Waals surface area contributed by atoms with E-state index < -0.39 is 17.3 Å². The van der Waals surface area contributed by atoms with E-state index in [1.165, 1.54) is 6.07 Å². The van der Waals surface area contributed by atoms with Crippen LogP contribution in [-0.2, 0) is 9.53 Å². The average Bonchev–Trinajstić information content (AvgIpc) is 2.89. The molecule has 2 rings (SSSR count). The van der Waals surface area contributed by atoms with E-state index in [1.807, 2.05) is 0 Å². The molecule has 0 spiro atoms. The predicted octanol–water partition coefficient (Wildman–Crippen LogP) is 2.42. The van der Waals surface area contributed by atoms with E-state index in [9.17, 15) is 14.0 Å². The number of benzene rings is 1. The van der Waals surface area contributed by atoms with Crippen molar-refractivity contribution in [1.82, 2.24) is 0 Å². The van der Waals surface area contributed by atoms with Gasteiger partial charge in [0.25, 0.3) is 0 Å². The molecule has 6 heteroatoms. The van der Waals surface area contributed by atoms with Crippen LogP contribution in [0.15, 0.2) is 18.2 Å². The third kappa shape index (κ3) is 3.77. The summed E-state index contributed by atoms with van der Waals surface area (Å²) in [4.78, 5) is 22.4. The number of amides is 1. The maximum Gasteiger partial charge on any atom is 0.338 e. The van der Waals surface area contributed by atoms with Gasteiger partial charge >= 0.3 is 5.97 Å². The Balaban J connectivity index is 1.87. The van der Waals surface area contributed by atoms with Crippen molar-refractivity contribution in [3.05, 3.63) is 29.6 Å². The van der Waals surface area contributed by atoms with Crippen molar-refractivity contribution in [2.24, 2.45) is 0 Å². The van der Waals surface area contributed by atoms with Crippen molar-refractivity contribution in [3.63, 3.8) is 0 Å². The van der Waals surface area contributed by atoms with Crippen molar-refractivity contribution in [1.29, 1.82) is 0 Å². The first-order chi connectivity index (χ1) is 9.56. The molecule has 1 aromatic carbocycles. The summed E-state index contributed by atoms with van der Waals surface area (Å²) in [5.41, 5.74) is -0.160. The number of rotatable bonds is 5. The summed E-state index contributed by atoms with van der Waals surface area (Å²) in [6.07, 6.45) is 3.06. The van der Waals surface area contributed by atoms with Gasteiger partial charge in [-0.15, -0.1) is 0 Å². The Morgan fingerprint density at radius 1 is 1.45 bits per heavy atom. The normalized spacial score (nSPS) is 17.9. The van der Waals surface area contributed by atoms with Gasteiger partial charge in [-0.25, -0.2) is 9.18 Å². The minimum absolute atomic E-state index is 0.131. The quantitative estimate of drug-likeness (QED) is 0.869. The van der Waals surface area contributed by atoms with E-state index in [2.05, 4.69) is 5.32 Å². The number of carboxylic acids is 1. The topological polar surface area (TPSA) is 75.6 Å². The molecule has 1 unspecified atom stereocenters. The van der Waals surface area contributed by atoms with Gasteiger partial charge in [0, 0.05) is 18.7 Å². The maximum absolute atomic E-state index is 13.4. The van der Waals surface area contributed by atoms with Crippen LogP contribution in [-0.4, -0.2) is 29.7 Å². The molecule has 0 saturated carbocycles. The molecule has 0 bridgehead atoms. The maximum atomic E-state index is 13.4. The Hall–Kier alpha value is -1.95. The summed E-state index contributed by atoms with van der Waals surface area (Å²) in [5.74, 6) is -2.43. The molecule has 2 N–H and O–H groups in total. The lowest BCUT2D eigenvalue weighted by atomic mass is 10.1. The molecule has 108 valence electrons. The van der Waals surface area contributed by atoms with E-state index in [0.717, 1.165) is 31.6 Å². The first kappa shape index (κ1) is 14.5. The molecule has 0 aromatic heterocycles. The van der Waals surface area contributed by atoms with Gasteiger partial charge in [0.15, 0.2) is 0 Å². The SMILES string of the molecule is O=C(CCC1CCCO1)Nc1ccc(C(=O)O)c(F)c1. The van der Waals surface area contributed by atoms with Gasteiger partial charge in [-0.3, -0.25) is 4.79 Å². The number of hydrogen-bond acceptors (Lipinski definition) is 3. The number of carboxylic acid groups (broad SMARTS) is 1. The Bertz CT molecular complexity index is 512. The van der Waals surface area contributed by atoms with Crippen LogP contribution >= 0.6 is 0 Å². The largest absolute Gasteiger partial charge is 0.478 e. The van der Waals surface area contributed by atoms with Crippen LogP contribution in [0.3, 0.4) is 0 Å². The fraction of sp³-hybridized carbons (Fsp3) is 0.429. The highest BCUT2D eigenvalue weighted by Crippen LogP contribution is 2.18. The summed E-state index contributed by atoms with van der Waals surface area (Å²) >= 11 is 0. The van der Waals surface area contributed by atoms with Gasteiger partial charge in [-0.2, -0.15) is 0 Å². The van der Waals surface area contributed by atoms with Gasteiger partial charge in [-0.1, -0.05) is 0 Å². The first-order valence-electron chi connectivity index (χ1n) is 6.50. The van der Waals surface area contributed by atoms with Crippen LogP contribution in [0.2, 0.25) is 0 Å². The van der Waals surface area contributed by atoms with Gasteiger partial charge < -0.3 is 15.2 Å². The predicted molar refractivity (Wildman–Crippen MR) is 70.2 cm³/mol. The number of halogens is 1. The van der Waals surface area contributed by atoms with E-state index in [1.54, 1.807) is 0 Å². The summed E-state index contributed by atoms with van der Waals surface area (Å²) < 4.78 is 18.8. The van der Waals surface area contributed by atoms with E-state index >= 15 is 0 Å². The number of aromatic carboxylic acids is 1. The van der Waals surface area contributed by atoms with Crippen molar-refractivity contribution in [2.45, 2.75) is 31.8 Å². The van der Waals surface area contributed by atoms with Crippen molar-refractivity contribution in [2.75, 3.05) is 11.9 Å². The number of ether oxygens (including phenoxy) is 1. The molecule has 1 aliphatic heterocycles. The van der Waals surface area contributed by atoms with E-state index in [-0.39, 0.29) is 17.7 Å². The summed E-state index contributed by atoms with van der Waals surface area (Å²) in [6.45, 7) is 0.744.